The lowest BCUT2D eigenvalue weighted by molar-refractivity contribution is -0.757. The van der Waals surface area contributed by atoms with Crippen molar-refractivity contribution in [3.8, 4) is 17.2 Å². The number of rotatable bonds is 13. The molecule has 0 saturated carbocycles. The summed E-state index contributed by atoms with van der Waals surface area (Å²) in [6, 6.07) is 32.3. The van der Waals surface area contributed by atoms with E-state index in [4.69, 9.17) is 32.3 Å². The maximum absolute atomic E-state index is 12.4. The van der Waals surface area contributed by atoms with Gasteiger partial charge in [0.05, 0.1) is 63.8 Å². The molecule has 0 aliphatic rings. The van der Waals surface area contributed by atoms with Gasteiger partial charge in [0, 0.05) is 4.11 Å². The van der Waals surface area contributed by atoms with Gasteiger partial charge in [-0.1, -0.05) is 54.6 Å². The van der Waals surface area contributed by atoms with E-state index in [9.17, 15) is 19.7 Å². The van der Waals surface area contributed by atoms with Crippen LogP contribution in [0.3, 0.4) is 0 Å². The van der Waals surface area contributed by atoms with Crippen LogP contribution in [0.1, 0.15) is 55.3 Å². The van der Waals surface area contributed by atoms with Gasteiger partial charge >= 0.3 is 11.9 Å². The standard InChI is InChI=1S/C18H21NO6.C13H12O3.C12H12O2/c1-13(18(20)24-9-3-4-10-25-19(21)22)14-5-6-16-12-17(23-2)8-7-15(16)11-14;1-15-12-6-5-9-7-11(13(14)16-2)4-3-10(9)8-12;1-14-12-5-4-10-6-9(8-13)2-3-11(10)7-12/h5-8,11-13H,3-4,9-10H2,1-2H3;3-8H,1-2H3;2-7,13H,8H2,1H3/t13-;;/m0../s1/i1D3;2D3;. The molecule has 1 N–H and O–H groups in total. The third-order valence-corrected chi connectivity index (χ3v) is 8.29. The van der Waals surface area contributed by atoms with Gasteiger partial charge in [-0.2, -0.15) is 0 Å². The molecule has 12 nitrogen and oxygen atoms in total. The third-order valence-electron chi connectivity index (χ3n) is 8.29. The Balaban J connectivity index is 0.000000214. The molecule has 6 aromatic carbocycles. The molecule has 6 rings (SSSR count). The number of methoxy groups -OCH3 is 4. The van der Waals surface area contributed by atoms with Crippen molar-refractivity contribution in [2.45, 2.75) is 32.2 Å². The Labute approximate surface area is 327 Å². The van der Waals surface area contributed by atoms with Crippen LogP contribution >= 0.6 is 0 Å². The summed E-state index contributed by atoms with van der Waals surface area (Å²) in [6.45, 7) is -2.65. The Morgan fingerprint density at radius 2 is 1.20 bits per heavy atom. The number of carbonyl (C=O) groups excluding carboxylic acids is 2. The number of carbonyl (C=O) groups is 2. The number of benzene rings is 6. The van der Waals surface area contributed by atoms with Crippen molar-refractivity contribution < 1.29 is 56.5 Å². The first-order valence-electron chi connectivity index (χ1n) is 19.9. The fraction of sp³-hybridized carbons (Fsp3) is 0.256. The lowest BCUT2D eigenvalue weighted by Gasteiger charge is -2.13. The van der Waals surface area contributed by atoms with Crippen molar-refractivity contribution >= 4 is 44.3 Å². The Kier molecular flexibility index (Phi) is 12.5. The summed E-state index contributed by atoms with van der Waals surface area (Å²) < 4.78 is 68.8. The van der Waals surface area contributed by atoms with Crippen LogP contribution in [0, 0.1) is 10.1 Å². The number of esters is 2. The molecule has 0 aliphatic carbocycles. The van der Waals surface area contributed by atoms with E-state index < -0.39 is 36.8 Å². The fourth-order valence-corrected chi connectivity index (χ4v) is 5.32. The first-order valence-corrected chi connectivity index (χ1v) is 16.9. The quantitative estimate of drug-likeness (QED) is 0.0523. The van der Waals surface area contributed by atoms with Gasteiger partial charge in [-0.25, -0.2) is 4.79 Å². The zero-order valence-electron chi connectivity index (χ0n) is 36.5. The number of ether oxygens (including phenoxy) is 5. The lowest BCUT2D eigenvalue weighted by atomic mass is 9.98. The molecular formula is C43H45NO11. The Morgan fingerprint density at radius 3 is 1.75 bits per heavy atom. The monoisotopic (exact) mass is 757 g/mol. The highest BCUT2D eigenvalue weighted by atomic mass is 16.9. The molecule has 0 aliphatic heterocycles. The van der Waals surface area contributed by atoms with Crippen LogP contribution in [-0.2, 0) is 25.7 Å². The van der Waals surface area contributed by atoms with Gasteiger partial charge in [-0.05, 0) is 118 Å². The minimum atomic E-state index is -2.73. The fourth-order valence-electron chi connectivity index (χ4n) is 5.32. The average molecular weight is 758 g/mol. The van der Waals surface area contributed by atoms with Gasteiger partial charge in [0.1, 0.15) is 17.2 Å². The zero-order valence-corrected chi connectivity index (χ0v) is 30.5. The largest absolute Gasteiger partial charge is 0.497 e. The molecule has 0 saturated heterocycles. The molecule has 1 atom stereocenters. The van der Waals surface area contributed by atoms with Crippen LogP contribution < -0.4 is 14.2 Å². The van der Waals surface area contributed by atoms with E-state index in [1.54, 1.807) is 75.9 Å². The van der Waals surface area contributed by atoms with Crippen LogP contribution in [-0.4, -0.2) is 63.7 Å². The molecule has 288 valence electrons. The highest BCUT2D eigenvalue weighted by Gasteiger charge is 2.17. The highest BCUT2D eigenvalue weighted by Crippen LogP contribution is 2.26. The van der Waals surface area contributed by atoms with Crippen molar-refractivity contribution in [1.82, 2.24) is 0 Å². The van der Waals surface area contributed by atoms with Gasteiger partial charge < -0.3 is 33.6 Å². The molecule has 0 radical (unpaired) electrons. The second-order valence-corrected chi connectivity index (χ2v) is 11.9. The minimum absolute atomic E-state index is 0.0444. The van der Waals surface area contributed by atoms with Crippen LogP contribution in [0.15, 0.2) is 109 Å². The van der Waals surface area contributed by atoms with E-state index in [1.165, 1.54) is 6.07 Å². The molecular weight excluding hydrogens is 706 g/mol. The van der Waals surface area contributed by atoms with Crippen LogP contribution in [0.25, 0.3) is 32.3 Å². The SMILES string of the molecule is COc1ccc2cc(CO)ccc2c1.[2H]C([2H])([2H])OC(=O)c1ccc2cc(OC)ccc2c1.[2H]C([2H])([2H])[C@H](C(=O)OCCCCO[N+](=O)[O-])c1ccc2cc(OC)ccc2c1. The first kappa shape index (κ1) is 33.2. The van der Waals surface area contributed by atoms with Crippen LogP contribution in [0.2, 0.25) is 0 Å². The average Bonchev–Trinajstić information content (AvgIpc) is 3.23. The van der Waals surface area contributed by atoms with Gasteiger partial charge in [0.15, 0.2) is 0 Å². The van der Waals surface area contributed by atoms with Crippen molar-refractivity contribution in [2.24, 2.45) is 0 Å². The summed E-state index contributed by atoms with van der Waals surface area (Å²) in [5.74, 6) is -0.901. The number of aliphatic hydroxyl groups is 1. The summed E-state index contributed by atoms with van der Waals surface area (Å²) in [5.41, 5.74) is 1.47. The molecule has 0 fully saturated rings. The van der Waals surface area contributed by atoms with Gasteiger partial charge in [0.2, 0.25) is 0 Å². The predicted octanol–water partition coefficient (Wildman–Crippen LogP) is 8.46. The van der Waals surface area contributed by atoms with Crippen molar-refractivity contribution in [3.63, 3.8) is 0 Å². The number of unbranched alkanes of at least 4 members (excludes halogenated alkanes) is 1. The second-order valence-electron chi connectivity index (χ2n) is 11.9. The van der Waals surface area contributed by atoms with E-state index in [0.717, 1.165) is 43.6 Å². The number of aliphatic hydroxyl groups excluding tert-OH is 1. The zero-order chi connectivity index (χ0) is 44.7. The maximum Gasteiger partial charge on any atom is 0.337 e. The summed E-state index contributed by atoms with van der Waals surface area (Å²) in [7, 11) is 2.05. The smallest absolute Gasteiger partial charge is 0.337 e. The highest BCUT2D eigenvalue weighted by molar-refractivity contribution is 5.95. The number of nitrogens with zero attached hydrogens (tertiary/aromatic N) is 1. The number of hydrogen-bond acceptors (Lipinski definition) is 11. The van der Waals surface area contributed by atoms with E-state index in [-0.39, 0.29) is 25.4 Å². The number of hydrogen-bond donors (Lipinski definition) is 1. The van der Waals surface area contributed by atoms with Crippen molar-refractivity contribution in [1.29, 1.82) is 0 Å². The Bertz CT molecular complexity index is 2400. The molecule has 0 unspecified atom stereocenters. The molecule has 0 amide bonds. The molecule has 0 aromatic heterocycles. The molecule has 12 heteroatoms. The lowest BCUT2D eigenvalue weighted by Crippen LogP contribution is -2.14. The second kappa shape index (κ2) is 20.7. The summed E-state index contributed by atoms with van der Waals surface area (Å²) in [4.78, 5) is 38.3. The first-order chi connectivity index (χ1) is 28.9. The van der Waals surface area contributed by atoms with Gasteiger partial charge in [-0.15, -0.1) is 10.1 Å². The predicted molar refractivity (Wildman–Crippen MR) is 210 cm³/mol. The van der Waals surface area contributed by atoms with E-state index >= 15 is 0 Å². The summed E-state index contributed by atoms with van der Waals surface area (Å²) >= 11 is 0. The van der Waals surface area contributed by atoms with E-state index in [2.05, 4.69) is 9.57 Å². The molecule has 55 heavy (non-hydrogen) atoms. The number of fused-ring (bicyclic) bond motifs is 3. The molecule has 0 spiro atoms. The summed E-state index contributed by atoms with van der Waals surface area (Å²) in [5, 5.41) is 23.7. The minimum Gasteiger partial charge on any atom is -0.497 e. The van der Waals surface area contributed by atoms with Crippen molar-refractivity contribution in [2.75, 3.05) is 41.6 Å². The van der Waals surface area contributed by atoms with Gasteiger partial charge in [-0.3, -0.25) is 4.79 Å². The molecule has 6 aromatic rings. The third kappa shape index (κ3) is 12.1. The molecule has 0 bridgehead atoms. The van der Waals surface area contributed by atoms with E-state index in [0.29, 0.717) is 29.9 Å². The molecule has 0 heterocycles. The Hall–Kier alpha value is -6.40. The van der Waals surface area contributed by atoms with Crippen molar-refractivity contribution in [3.05, 3.63) is 136 Å². The van der Waals surface area contributed by atoms with Crippen LogP contribution in [0.4, 0.5) is 0 Å². The topological polar surface area (TPSA) is 153 Å². The maximum atomic E-state index is 12.4. The van der Waals surface area contributed by atoms with E-state index in [1.807, 2.05) is 48.5 Å². The van der Waals surface area contributed by atoms with Gasteiger partial charge in [0.25, 0.3) is 5.09 Å². The Morgan fingerprint density at radius 1 is 0.691 bits per heavy atom. The normalized spacial score (nSPS) is 13.0. The van der Waals surface area contributed by atoms with Crippen LogP contribution in [0.5, 0.6) is 17.2 Å². The summed E-state index contributed by atoms with van der Waals surface area (Å²) in [6.07, 6.45) is 0.634.